The van der Waals surface area contributed by atoms with Crippen LogP contribution in [0.2, 0.25) is 0 Å². The number of aromatic nitrogens is 2. The first kappa shape index (κ1) is 11.5. The first-order chi connectivity index (χ1) is 7.75. The third-order valence-corrected chi connectivity index (χ3v) is 3.69. The number of thioether (sulfide) groups is 1. The van der Waals surface area contributed by atoms with E-state index < -0.39 is 0 Å². The van der Waals surface area contributed by atoms with Crippen molar-refractivity contribution in [1.29, 1.82) is 0 Å². The maximum Gasteiger partial charge on any atom is 0.0946 e. The quantitative estimate of drug-likeness (QED) is 0.697. The van der Waals surface area contributed by atoms with Crippen molar-refractivity contribution in [2.75, 3.05) is 11.5 Å². The SMILES string of the molecule is Nc1ccc(Br)cc1SCCn1ccnc1. The Morgan fingerprint density at radius 3 is 3.06 bits per heavy atom. The van der Waals surface area contributed by atoms with Gasteiger partial charge in [0.1, 0.15) is 0 Å². The molecule has 0 saturated carbocycles. The maximum atomic E-state index is 5.89. The Hall–Kier alpha value is -0.940. The number of rotatable bonds is 4. The van der Waals surface area contributed by atoms with Crippen molar-refractivity contribution in [3.05, 3.63) is 41.4 Å². The second-order valence-electron chi connectivity index (χ2n) is 3.33. The van der Waals surface area contributed by atoms with Crippen molar-refractivity contribution < 1.29 is 0 Å². The molecule has 16 heavy (non-hydrogen) atoms. The van der Waals surface area contributed by atoms with Gasteiger partial charge in [0.15, 0.2) is 0 Å². The standard InChI is InChI=1S/C11H12BrN3S/c12-9-1-2-10(13)11(7-9)16-6-5-15-4-3-14-8-15/h1-4,7-8H,5-6,13H2. The summed E-state index contributed by atoms with van der Waals surface area (Å²) in [6, 6.07) is 5.92. The Balaban J connectivity index is 1.92. The van der Waals surface area contributed by atoms with Crippen LogP contribution in [0.1, 0.15) is 0 Å². The lowest BCUT2D eigenvalue weighted by Crippen LogP contribution is -1.97. The number of benzene rings is 1. The van der Waals surface area contributed by atoms with Gasteiger partial charge >= 0.3 is 0 Å². The summed E-state index contributed by atoms with van der Waals surface area (Å²) in [4.78, 5) is 5.12. The molecule has 0 spiro atoms. The maximum absolute atomic E-state index is 5.89. The fraction of sp³-hybridized carbons (Fsp3) is 0.182. The monoisotopic (exact) mass is 297 g/mol. The molecule has 2 N–H and O–H groups in total. The summed E-state index contributed by atoms with van der Waals surface area (Å²) in [5.74, 6) is 0.983. The number of nitrogens with two attached hydrogens (primary N) is 1. The highest BCUT2D eigenvalue weighted by Gasteiger charge is 2.00. The highest BCUT2D eigenvalue weighted by Crippen LogP contribution is 2.28. The molecule has 1 aromatic heterocycles. The molecule has 84 valence electrons. The van der Waals surface area contributed by atoms with Crippen molar-refractivity contribution in [1.82, 2.24) is 9.55 Å². The molecule has 0 amide bonds. The minimum absolute atomic E-state index is 0.832. The van der Waals surface area contributed by atoms with Gasteiger partial charge in [-0.1, -0.05) is 15.9 Å². The number of nitrogens with zero attached hydrogens (tertiary/aromatic N) is 2. The van der Waals surface area contributed by atoms with Crippen LogP contribution >= 0.6 is 27.7 Å². The molecule has 3 nitrogen and oxygen atoms in total. The van der Waals surface area contributed by atoms with Gasteiger partial charge in [-0.25, -0.2) is 4.98 Å². The Bertz CT molecular complexity index is 456. The van der Waals surface area contributed by atoms with Crippen LogP contribution in [0.3, 0.4) is 0 Å². The molecule has 0 fully saturated rings. The highest BCUT2D eigenvalue weighted by molar-refractivity contribution is 9.10. The molecule has 0 aliphatic heterocycles. The van der Waals surface area contributed by atoms with Gasteiger partial charge in [-0.15, -0.1) is 11.8 Å². The summed E-state index contributed by atoms with van der Waals surface area (Å²) in [5.41, 5.74) is 6.72. The predicted molar refractivity (Wildman–Crippen MR) is 71.5 cm³/mol. The van der Waals surface area contributed by atoms with Crippen molar-refractivity contribution >= 4 is 33.4 Å². The van der Waals surface area contributed by atoms with E-state index >= 15 is 0 Å². The summed E-state index contributed by atoms with van der Waals surface area (Å²) in [6.45, 7) is 0.941. The van der Waals surface area contributed by atoms with E-state index in [0.717, 1.165) is 27.4 Å². The van der Waals surface area contributed by atoms with Crippen LogP contribution in [0.15, 0.2) is 46.3 Å². The minimum Gasteiger partial charge on any atom is -0.398 e. The van der Waals surface area contributed by atoms with E-state index in [2.05, 4.69) is 25.5 Å². The number of hydrogen-bond acceptors (Lipinski definition) is 3. The van der Waals surface area contributed by atoms with Gasteiger partial charge in [0.05, 0.1) is 6.33 Å². The van der Waals surface area contributed by atoms with Crippen LogP contribution in [0, 0.1) is 0 Å². The second kappa shape index (κ2) is 5.41. The van der Waals surface area contributed by atoms with E-state index in [0.29, 0.717) is 0 Å². The van der Waals surface area contributed by atoms with E-state index in [-0.39, 0.29) is 0 Å². The summed E-state index contributed by atoms with van der Waals surface area (Å²) >= 11 is 5.20. The minimum atomic E-state index is 0.832. The van der Waals surface area contributed by atoms with E-state index in [1.807, 2.05) is 30.7 Å². The number of aryl methyl sites for hydroxylation is 1. The average Bonchev–Trinajstić information content (AvgIpc) is 2.76. The summed E-state index contributed by atoms with van der Waals surface area (Å²) < 4.78 is 3.12. The molecule has 2 aromatic rings. The first-order valence-electron chi connectivity index (χ1n) is 4.89. The number of imidazole rings is 1. The molecule has 1 heterocycles. The van der Waals surface area contributed by atoms with E-state index in [9.17, 15) is 0 Å². The Morgan fingerprint density at radius 1 is 1.44 bits per heavy atom. The highest BCUT2D eigenvalue weighted by atomic mass is 79.9. The number of hydrogen-bond donors (Lipinski definition) is 1. The average molecular weight is 298 g/mol. The van der Waals surface area contributed by atoms with Crippen LogP contribution in [-0.2, 0) is 6.54 Å². The molecular formula is C11H12BrN3S. The van der Waals surface area contributed by atoms with Crippen LogP contribution < -0.4 is 5.73 Å². The zero-order valence-electron chi connectivity index (χ0n) is 8.64. The summed E-state index contributed by atoms with van der Waals surface area (Å²) in [7, 11) is 0. The fourth-order valence-electron chi connectivity index (χ4n) is 1.31. The van der Waals surface area contributed by atoms with Gasteiger partial charge in [-0.2, -0.15) is 0 Å². The van der Waals surface area contributed by atoms with E-state index in [4.69, 9.17) is 5.73 Å². The molecule has 5 heteroatoms. The zero-order chi connectivity index (χ0) is 11.4. The summed E-state index contributed by atoms with van der Waals surface area (Å²) in [5, 5.41) is 0. The lowest BCUT2D eigenvalue weighted by atomic mass is 10.3. The number of nitrogen functional groups attached to an aromatic ring is 1. The van der Waals surface area contributed by atoms with Crippen molar-refractivity contribution in [3.63, 3.8) is 0 Å². The van der Waals surface area contributed by atoms with Crippen LogP contribution in [0.25, 0.3) is 0 Å². The molecule has 0 saturated heterocycles. The molecule has 0 atom stereocenters. The molecule has 0 bridgehead atoms. The third kappa shape index (κ3) is 3.02. The van der Waals surface area contributed by atoms with Crippen molar-refractivity contribution in [2.24, 2.45) is 0 Å². The molecule has 0 radical (unpaired) electrons. The van der Waals surface area contributed by atoms with Crippen LogP contribution in [-0.4, -0.2) is 15.3 Å². The number of anilines is 1. The van der Waals surface area contributed by atoms with Gasteiger partial charge in [0.25, 0.3) is 0 Å². The second-order valence-corrected chi connectivity index (χ2v) is 5.38. The largest absolute Gasteiger partial charge is 0.398 e. The lowest BCUT2D eigenvalue weighted by Gasteiger charge is -2.06. The van der Waals surface area contributed by atoms with Gasteiger partial charge < -0.3 is 10.3 Å². The molecule has 0 aliphatic carbocycles. The Labute approximate surface area is 107 Å². The van der Waals surface area contributed by atoms with Gasteiger partial charge in [-0.3, -0.25) is 0 Å². The van der Waals surface area contributed by atoms with Gasteiger partial charge in [-0.05, 0) is 18.2 Å². The van der Waals surface area contributed by atoms with Crippen molar-refractivity contribution in [3.8, 4) is 0 Å². The van der Waals surface area contributed by atoms with E-state index in [1.54, 1.807) is 18.0 Å². The normalized spacial score (nSPS) is 10.6. The van der Waals surface area contributed by atoms with E-state index in [1.165, 1.54) is 0 Å². The molecule has 2 rings (SSSR count). The zero-order valence-corrected chi connectivity index (χ0v) is 11.0. The van der Waals surface area contributed by atoms with Crippen molar-refractivity contribution in [2.45, 2.75) is 11.4 Å². The fourth-order valence-corrected chi connectivity index (χ4v) is 2.79. The third-order valence-electron chi connectivity index (χ3n) is 2.14. The predicted octanol–water partition coefficient (Wildman–Crippen LogP) is 3.02. The molecular weight excluding hydrogens is 286 g/mol. The van der Waals surface area contributed by atoms with Gasteiger partial charge in [0.2, 0.25) is 0 Å². The number of halogens is 1. The lowest BCUT2D eigenvalue weighted by molar-refractivity contribution is 0.770. The summed E-state index contributed by atoms with van der Waals surface area (Å²) in [6.07, 6.45) is 5.58. The topological polar surface area (TPSA) is 43.8 Å². The molecule has 1 aromatic carbocycles. The Morgan fingerprint density at radius 2 is 2.31 bits per heavy atom. The smallest absolute Gasteiger partial charge is 0.0946 e. The molecule has 0 unspecified atom stereocenters. The molecule has 0 aliphatic rings. The van der Waals surface area contributed by atoms with Gasteiger partial charge in [0, 0.05) is 39.7 Å². The first-order valence-corrected chi connectivity index (χ1v) is 6.67. The van der Waals surface area contributed by atoms with Crippen LogP contribution in [0.5, 0.6) is 0 Å². The Kier molecular flexibility index (Phi) is 3.90. The van der Waals surface area contributed by atoms with Crippen LogP contribution in [0.4, 0.5) is 5.69 Å².